The highest BCUT2D eigenvalue weighted by atomic mass is 32.1. The van der Waals surface area contributed by atoms with Crippen molar-refractivity contribution in [3.63, 3.8) is 0 Å². The van der Waals surface area contributed by atoms with E-state index in [4.69, 9.17) is 4.74 Å². The molecule has 2 heterocycles. The zero-order valence-electron chi connectivity index (χ0n) is 14.6. The minimum absolute atomic E-state index is 0.0745. The number of carbonyl (C=O) groups is 1. The maximum atomic E-state index is 12.9. The summed E-state index contributed by atoms with van der Waals surface area (Å²) < 4.78 is 6.98. The zero-order chi connectivity index (χ0) is 18.4. The van der Waals surface area contributed by atoms with Crippen LogP contribution in [0.1, 0.15) is 27.0 Å². The van der Waals surface area contributed by atoms with Crippen LogP contribution in [0.5, 0.6) is 0 Å². The second-order valence-electron chi connectivity index (χ2n) is 6.21. The molecule has 4 rings (SSSR count). The summed E-state index contributed by atoms with van der Waals surface area (Å²) in [5.41, 5.74) is 5.13. The SMILES string of the molecule is COC(=O)c1ccc(/C=c2/sc3nc4c(C)cc(C)cc4n3c2=O)cc1. The van der Waals surface area contributed by atoms with Crippen molar-refractivity contribution in [2.45, 2.75) is 13.8 Å². The summed E-state index contributed by atoms with van der Waals surface area (Å²) >= 11 is 1.37. The summed E-state index contributed by atoms with van der Waals surface area (Å²) in [4.78, 5) is 29.7. The number of carbonyl (C=O) groups excluding carboxylic acids is 1. The van der Waals surface area contributed by atoms with Crippen LogP contribution in [0.15, 0.2) is 41.2 Å². The van der Waals surface area contributed by atoms with Crippen LogP contribution in [0, 0.1) is 13.8 Å². The van der Waals surface area contributed by atoms with E-state index in [9.17, 15) is 9.59 Å². The summed E-state index contributed by atoms with van der Waals surface area (Å²) in [5, 5.41) is 0. The number of hydrogen-bond donors (Lipinski definition) is 0. The van der Waals surface area contributed by atoms with Gasteiger partial charge in [0.25, 0.3) is 5.56 Å². The van der Waals surface area contributed by atoms with Gasteiger partial charge in [-0.3, -0.25) is 4.79 Å². The van der Waals surface area contributed by atoms with Gasteiger partial charge in [0.1, 0.15) is 0 Å². The predicted octanol–water partition coefficient (Wildman–Crippen LogP) is 2.86. The number of hydrogen-bond acceptors (Lipinski definition) is 5. The van der Waals surface area contributed by atoms with Crippen LogP contribution < -0.4 is 10.1 Å². The molecule has 0 unspecified atom stereocenters. The summed E-state index contributed by atoms with van der Waals surface area (Å²) in [6, 6.07) is 11.0. The van der Waals surface area contributed by atoms with Gasteiger partial charge in [0.05, 0.1) is 28.2 Å². The molecule has 0 radical (unpaired) electrons. The zero-order valence-corrected chi connectivity index (χ0v) is 15.4. The van der Waals surface area contributed by atoms with E-state index < -0.39 is 0 Å². The number of benzene rings is 2. The number of nitrogens with zero attached hydrogens (tertiary/aromatic N) is 2. The van der Waals surface area contributed by atoms with Crippen LogP contribution >= 0.6 is 11.3 Å². The Bertz CT molecular complexity index is 1270. The van der Waals surface area contributed by atoms with Gasteiger partial charge in [0.2, 0.25) is 0 Å². The van der Waals surface area contributed by atoms with Crippen molar-refractivity contribution < 1.29 is 9.53 Å². The number of esters is 1. The number of thiazole rings is 1. The lowest BCUT2D eigenvalue weighted by molar-refractivity contribution is 0.0600. The largest absolute Gasteiger partial charge is 0.465 e. The molecule has 0 N–H and O–H groups in total. The van der Waals surface area contributed by atoms with Crippen molar-refractivity contribution in [2.75, 3.05) is 7.11 Å². The molecule has 0 saturated heterocycles. The molecule has 0 aliphatic rings. The van der Waals surface area contributed by atoms with Crippen molar-refractivity contribution in [2.24, 2.45) is 0 Å². The molecule has 0 bridgehead atoms. The Balaban J connectivity index is 1.87. The van der Waals surface area contributed by atoms with Gasteiger partial charge < -0.3 is 4.74 Å². The number of ether oxygens (including phenoxy) is 1. The van der Waals surface area contributed by atoms with E-state index in [0.29, 0.717) is 15.1 Å². The van der Waals surface area contributed by atoms with Gasteiger partial charge in [-0.15, -0.1) is 0 Å². The molecule has 0 fully saturated rings. The summed E-state index contributed by atoms with van der Waals surface area (Å²) in [7, 11) is 1.35. The normalized spacial score (nSPS) is 12.2. The second-order valence-corrected chi connectivity index (χ2v) is 7.22. The predicted molar refractivity (Wildman–Crippen MR) is 103 cm³/mol. The fourth-order valence-corrected chi connectivity index (χ4v) is 4.07. The van der Waals surface area contributed by atoms with Crippen molar-refractivity contribution in [1.82, 2.24) is 9.38 Å². The van der Waals surface area contributed by atoms with E-state index in [1.54, 1.807) is 28.7 Å². The van der Waals surface area contributed by atoms with Crippen molar-refractivity contribution >= 4 is 39.4 Å². The summed E-state index contributed by atoms with van der Waals surface area (Å²) in [5.74, 6) is -0.382. The lowest BCUT2D eigenvalue weighted by atomic mass is 10.1. The van der Waals surface area contributed by atoms with Gasteiger partial charge >= 0.3 is 5.97 Å². The third kappa shape index (κ3) is 2.59. The molecule has 26 heavy (non-hydrogen) atoms. The lowest BCUT2D eigenvalue weighted by Crippen LogP contribution is -2.22. The van der Waals surface area contributed by atoms with Crippen molar-refractivity contribution in [3.8, 4) is 0 Å². The average molecular weight is 364 g/mol. The Hall–Kier alpha value is -2.99. The molecule has 0 aliphatic heterocycles. The minimum atomic E-state index is -0.382. The van der Waals surface area contributed by atoms with Crippen LogP contribution in [-0.4, -0.2) is 22.5 Å². The van der Waals surface area contributed by atoms with Gasteiger partial charge in [-0.25, -0.2) is 14.2 Å². The van der Waals surface area contributed by atoms with Gasteiger partial charge in [-0.05, 0) is 54.8 Å². The maximum Gasteiger partial charge on any atom is 0.337 e. The molecule has 4 aromatic rings. The fraction of sp³-hybridized carbons (Fsp3) is 0.150. The maximum absolute atomic E-state index is 12.9. The molecule has 0 atom stereocenters. The van der Waals surface area contributed by atoms with E-state index in [1.165, 1.54) is 18.4 Å². The first-order chi connectivity index (χ1) is 12.5. The molecule has 0 spiro atoms. The first-order valence-corrected chi connectivity index (χ1v) is 8.92. The Morgan fingerprint density at radius 2 is 1.92 bits per heavy atom. The van der Waals surface area contributed by atoms with Crippen LogP contribution in [0.3, 0.4) is 0 Å². The second kappa shape index (κ2) is 6.07. The minimum Gasteiger partial charge on any atom is -0.465 e. The van der Waals surface area contributed by atoms with Gasteiger partial charge in [0.15, 0.2) is 4.96 Å². The number of fused-ring (bicyclic) bond motifs is 3. The van der Waals surface area contributed by atoms with E-state index in [0.717, 1.165) is 27.7 Å². The van der Waals surface area contributed by atoms with Crippen LogP contribution in [0.2, 0.25) is 0 Å². The molecule has 2 aromatic carbocycles. The first-order valence-electron chi connectivity index (χ1n) is 8.10. The smallest absolute Gasteiger partial charge is 0.337 e. The molecule has 0 amide bonds. The van der Waals surface area contributed by atoms with E-state index in [-0.39, 0.29) is 11.5 Å². The average Bonchev–Trinajstić information content (AvgIpc) is 3.12. The molecule has 5 nitrogen and oxygen atoms in total. The molecule has 0 aliphatic carbocycles. The number of aromatic nitrogens is 2. The topological polar surface area (TPSA) is 60.7 Å². The van der Waals surface area contributed by atoms with Gasteiger partial charge in [-0.1, -0.05) is 29.5 Å². The van der Waals surface area contributed by atoms with E-state index in [2.05, 4.69) is 11.1 Å². The molecule has 6 heteroatoms. The molecular weight excluding hydrogens is 348 g/mol. The number of imidazole rings is 1. The number of aryl methyl sites for hydroxylation is 2. The van der Waals surface area contributed by atoms with Crippen LogP contribution in [0.25, 0.3) is 22.1 Å². The van der Waals surface area contributed by atoms with Crippen LogP contribution in [0.4, 0.5) is 0 Å². The van der Waals surface area contributed by atoms with Crippen molar-refractivity contribution in [1.29, 1.82) is 0 Å². The third-order valence-corrected chi connectivity index (χ3v) is 5.28. The number of methoxy groups -OCH3 is 1. The van der Waals surface area contributed by atoms with Crippen LogP contribution in [-0.2, 0) is 4.74 Å². The van der Waals surface area contributed by atoms with E-state index in [1.807, 2.05) is 26.0 Å². The number of rotatable bonds is 2. The standard InChI is InChI=1S/C20H16N2O3S/c1-11-8-12(2)17-15(9-11)22-18(23)16(26-20(22)21-17)10-13-4-6-14(7-5-13)19(24)25-3/h4-10H,1-3H3/b16-10+. The Labute approximate surface area is 153 Å². The third-order valence-electron chi connectivity index (χ3n) is 4.31. The molecule has 130 valence electrons. The molecule has 2 aromatic heterocycles. The molecular formula is C20H16N2O3S. The van der Waals surface area contributed by atoms with Crippen molar-refractivity contribution in [3.05, 3.63) is 73.5 Å². The lowest BCUT2D eigenvalue weighted by Gasteiger charge is -1.99. The Morgan fingerprint density at radius 3 is 2.62 bits per heavy atom. The van der Waals surface area contributed by atoms with E-state index >= 15 is 0 Å². The quantitative estimate of drug-likeness (QED) is 0.513. The Kier molecular flexibility index (Phi) is 3.85. The Morgan fingerprint density at radius 1 is 1.19 bits per heavy atom. The highest BCUT2D eigenvalue weighted by Crippen LogP contribution is 2.21. The molecule has 0 saturated carbocycles. The summed E-state index contributed by atoms with van der Waals surface area (Å²) in [6.45, 7) is 4.02. The highest BCUT2D eigenvalue weighted by molar-refractivity contribution is 7.15. The highest BCUT2D eigenvalue weighted by Gasteiger charge is 2.13. The first kappa shape index (κ1) is 16.5. The van der Waals surface area contributed by atoms with Gasteiger partial charge in [0, 0.05) is 0 Å². The summed E-state index contributed by atoms with van der Waals surface area (Å²) in [6.07, 6.45) is 1.82. The fourth-order valence-electron chi connectivity index (χ4n) is 3.09. The monoisotopic (exact) mass is 364 g/mol. The van der Waals surface area contributed by atoms with Gasteiger partial charge in [-0.2, -0.15) is 0 Å².